The van der Waals surface area contributed by atoms with Crippen LogP contribution in [0, 0.1) is 0 Å². The zero-order chi connectivity index (χ0) is 13.9. The molecule has 2 rings (SSSR count). The molecule has 1 atom stereocenters. The van der Waals surface area contributed by atoms with E-state index in [0.717, 1.165) is 12.0 Å². The Labute approximate surface area is 113 Å². The first-order chi connectivity index (χ1) is 9.04. The van der Waals surface area contributed by atoms with Crippen molar-refractivity contribution in [2.45, 2.75) is 31.1 Å². The molecular weight excluding hydrogens is 264 g/mol. The summed E-state index contributed by atoms with van der Waals surface area (Å²) in [7, 11) is -3.31. The van der Waals surface area contributed by atoms with Crippen molar-refractivity contribution in [1.82, 2.24) is 0 Å². The van der Waals surface area contributed by atoms with Gasteiger partial charge in [0.05, 0.1) is 5.75 Å². The highest BCUT2D eigenvalue weighted by Gasteiger charge is 2.34. The van der Waals surface area contributed by atoms with E-state index in [1.165, 1.54) is 0 Å². The van der Waals surface area contributed by atoms with Gasteiger partial charge < -0.3 is 11.1 Å². The smallest absolute Gasteiger partial charge is 0.242 e. The van der Waals surface area contributed by atoms with Gasteiger partial charge >= 0.3 is 0 Å². The van der Waals surface area contributed by atoms with Gasteiger partial charge in [-0.05, 0) is 24.5 Å². The summed E-state index contributed by atoms with van der Waals surface area (Å²) < 4.78 is 23.8. The molecule has 1 saturated heterocycles. The number of para-hydroxylation sites is 1. The van der Waals surface area contributed by atoms with Gasteiger partial charge in [-0.2, -0.15) is 0 Å². The van der Waals surface area contributed by atoms with Crippen molar-refractivity contribution < 1.29 is 13.2 Å². The van der Waals surface area contributed by atoms with Gasteiger partial charge in [0.1, 0.15) is 5.25 Å². The number of sulfone groups is 1. The van der Waals surface area contributed by atoms with Crippen LogP contribution in [0.2, 0.25) is 0 Å². The average Bonchev–Trinajstić information content (AvgIpc) is 2.38. The second-order valence-electron chi connectivity index (χ2n) is 4.70. The Balaban J connectivity index is 2.17. The molecule has 1 unspecified atom stereocenters. The Morgan fingerprint density at radius 2 is 2.05 bits per heavy atom. The summed E-state index contributed by atoms with van der Waals surface area (Å²) >= 11 is 0. The number of carbonyl (C=O) groups excluding carboxylic acids is 1. The number of carbonyl (C=O) groups is 1. The van der Waals surface area contributed by atoms with E-state index in [-0.39, 0.29) is 5.75 Å². The Kier molecular flexibility index (Phi) is 4.21. The standard InChI is InChI=1S/C13H18N2O3S/c14-9-10-5-1-2-6-11(10)15-13(16)12-7-3-4-8-19(12,17)18/h1-2,5-6,12H,3-4,7-9,14H2,(H,15,16). The molecule has 6 heteroatoms. The molecule has 1 amide bonds. The fourth-order valence-electron chi connectivity index (χ4n) is 2.28. The third-order valence-electron chi connectivity index (χ3n) is 3.37. The van der Waals surface area contributed by atoms with Crippen LogP contribution in [0.3, 0.4) is 0 Å². The van der Waals surface area contributed by atoms with Crippen molar-refractivity contribution in [3.63, 3.8) is 0 Å². The molecule has 19 heavy (non-hydrogen) atoms. The van der Waals surface area contributed by atoms with Crippen LogP contribution >= 0.6 is 0 Å². The number of nitrogens with one attached hydrogen (secondary N) is 1. The predicted molar refractivity (Wildman–Crippen MR) is 74.4 cm³/mol. The van der Waals surface area contributed by atoms with Gasteiger partial charge in [-0.3, -0.25) is 4.79 Å². The Morgan fingerprint density at radius 1 is 1.32 bits per heavy atom. The van der Waals surface area contributed by atoms with E-state index in [4.69, 9.17) is 5.73 Å². The van der Waals surface area contributed by atoms with E-state index in [0.29, 0.717) is 25.1 Å². The van der Waals surface area contributed by atoms with Crippen LogP contribution in [0.4, 0.5) is 5.69 Å². The Bertz CT molecular complexity index is 569. The molecule has 1 aliphatic rings. The molecule has 0 aromatic heterocycles. The molecule has 1 aromatic carbocycles. The first-order valence-electron chi connectivity index (χ1n) is 6.35. The van der Waals surface area contributed by atoms with Crippen molar-refractivity contribution in [3.05, 3.63) is 29.8 Å². The van der Waals surface area contributed by atoms with Crippen LogP contribution in [0.1, 0.15) is 24.8 Å². The highest BCUT2D eigenvalue weighted by atomic mass is 32.2. The second-order valence-corrected chi connectivity index (χ2v) is 7.00. The van der Waals surface area contributed by atoms with Gasteiger partial charge in [0.2, 0.25) is 5.91 Å². The quantitative estimate of drug-likeness (QED) is 0.867. The normalized spacial score (nSPS) is 21.8. The van der Waals surface area contributed by atoms with Crippen molar-refractivity contribution in [3.8, 4) is 0 Å². The van der Waals surface area contributed by atoms with E-state index in [1.54, 1.807) is 12.1 Å². The summed E-state index contributed by atoms with van der Waals surface area (Å²) in [6.07, 6.45) is 1.82. The van der Waals surface area contributed by atoms with E-state index in [9.17, 15) is 13.2 Å². The van der Waals surface area contributed by atoms with Crippen molar-refractivity contribution in [2.75, 3.05) is 11.1 Å². The summed E-state index contributed by atoms with van der Waals surface area (Å²) in [6, 6.07) is 7.15. The lowest BCUT2D eigenvalue weighted by molar-refractivity contribution is -0.116. The largest absolute Gasteiger partial charge is 0.326 e. The maximum Gasteiger partial charge on any atom is 0.242 e. The molecular formula is C13H18N2O3S. The number of benzene rings is 1. The summed E-state index contributed by atoms with van der Waals surface area (Å²) in [5.74, 6) is -0.343. The zero-order valence-corrected chi connectivity index (χ0v) is 11.4. The van der Waals surface area contributed by atoms with Gasteiger partial charge in [0.25, 0.3) is 0 Å². The minimum Gasteiger partial charge on any atom is -0.326 e. The molecule has 0 saturated carbocycles. The number of rotatable bonds is 3. The third-order valence-corrected chi connectivity index (χ3v) is 5.54. The van der Waals surface area contributed by atoms with E-state index in [1.807, 2.05) is 12.1 Å². The minimum atomic E-state index is -3.31. The number of amides is 1. The minimum absolute atomic E-state index is 0.101. The molecule has 1 aromatic rings. The van der Waals surface area contributed by atoms with E-state index in [2.05, 4.69) is 5.32 Å². The highest BCUT2D eigenvalue weighted by molar-refractivity contribution is 7.92. The van der Waals surface area contributed by atoms with Crippen LogP contribution in [0.5, 0.6) is 0 Å². The maximum absolute atomic E-state index is 12.1. The molecule has 0 bridgehead atoms. The van der Waals surface area contributed by atoms with Crippen LogP contribution in [-0.2, 0) is 21.2 Å². The van der Waals surface area contributed by atoms with E-state index < -0.39 is 21.0 Å². The molecule has 0 aliphatic carbocycles. The zero-order valence-electron chi connectivity index (χ0n) is 10.6. The fourth-order valence-corrected chi connectivity index (χ4v) is 4.08. The summed E-state index contributed by atoms with van der Waals surface area (Å²) in [5, 5.41) is 1.76. The monoisotopic (exact) mass is 282 g/mol. The van der Waals surface area contributed by atoms with Gasteiger partial charge in [-0.15, -0.1) is 0 Å². The first kappa shape index (κ1) is 14.0. The second kappa shape index (κ2) is 5.71. The molecule has 0 radical (unpaired) electrons. The van der Waals surface area contributed by atoms with Crippen LogP contribution in [0.25, 0.3) is 0 Å². The Morgan fingerprint density at radius 3 is 2.74 bits per heavy atom. The summed E-state index contributed by atoms with van der Waals surface area (Å²) in [5.41, 5.74) is 6.98. The number of hydrogen-bond donors (Lipinski definition) is 2. The predicted octanol–water partition coefficient (Wildman–Crippen LogP) is 1.05. The third kappa shape index (κ3) is 3.13. The topological polar surface area (TPSA) is 89.3 Å². The molecule has 5 nitrogen and oxygen atoms in total. The van der Waals surface area contributed by atoms with Gasteiger partial charge in [0, 0.05) is 12.2 Å². The number of nitrogens with two attached hydrogens (primary N) is 1. The average molecular weight is 282 g/mol. The maximum atomic E-state index is 12.1. The molecule has 3 N–H and O–H groups in total. The number of anilines is 1. The molecule has 1 fully saturated rings. The highest BCUT2D eigenvalue weighted by Crippen LogP contribution is 2.22. The SMILES string of the molecule is NCc1ccccc1NC(=O)C1CCCCS1(=O)=O. The lowest BCUT2D eigenvalue weighted by Gasteiger charge is -2.22. The van der Waals surface area contributed by atoms with Crippen molar-refractivity contribution in [1.29, 1.82) is 0 Å². The lowest BCUT2D eigenvalue weighted by Crippen LogP contribution is -2.39. The van der Waals surface area contributed by atoms with Crippen LogP contribution < -0.4 is 11.1 Å². The molecule has 1 aliphatic heterocycles. The summed E-state index contributed by atoms with van der Waals surface area (Å²) in [6.45, 7) is 0.299. The Hall–Kier alpha value is -1.40. The van der Waals surface area contributed by atoms with Crippen molar-refractivity contribution in [2.24, 2.45) is 5.73 Å². The molecule has 104 valence electrons. The number of hydrogen-bond acceptors (Lipinski definition) is 4. The first-order valence-corrected chi connectivity index (χ1v) is 8.06. The van der Waals surface area contributed by atoms with Gasteiger partial charge in [-0.25, -0.2) is 8.42 Å². The van der Waals surface area contributed by atoms with Gasteiger partial charge in [0.15, 0.2) is 9.84 Å². The van der Waals surface area contributed by atoms with E-state index >= 15 is 0 Å². The van der Waals surface area contributed by atoms with Gasteiger partial charge in [-0.1, -0.05) is 24.6 Å². The fraction of sp³-hybridized carbons (Fsp3) is 0.462. The van der Waals surface area contributed by atoms with Crippen molar-refractivity contribution >= 4 is 21.4 Å². The summed E-state index contributed by atoms with van der Waals surface area (Å²) in [4.78, 5) is 12.1. The molecule has 1 heterocycles. The van der Waals surface area contributed by atoms with Crippen LogP contribution in [0.15, 0.2) is 24.3 Å². The van der Waals surface area contributed by atoms with Crippen LogP contribution in [-0.4, -0.2) is 25.3 Å². The molecule has 0 spiro atoms. The lowest BCUT2D eigenvalue weighted by atomic mass is 10.1.